The van der Waals surface area contributed by atoms with Crippen LogP contribution in [0.1, 0.15) is 17.3 Å². The van der Waals surface area contributed by atoms with Gasteiger partial charge in [0.05, 0.1) is 35.6 Å². The maximum Gasteiger partial charge on any atom is 0.255 e. The largest absolute Gasteiger partial charge is 0.493 e. The molecule has 0 saturated carbocycles. The van der Waals surface area contributed by atoms with Crippen molar-refractivity contribution in [2.24, 2.45) is 0 Å². The maximum absolute atomic E-state index is 12.4. The number of carbonyl (C=O) groups is 1. The smallest absolute Gasteiger partial charge is 0.255 e. The number of halogens is 1. The molecular weight excluding hydrogens is 306 g/mol. The summed E-state index contributed by atoms with van der Waals surface area (Å²) in [7, 11) is 2.03. The number of nitrogens with two attached hydrogens (primary N) is 1. The third kappa shape index (κ3) is 4.25. The van der Waals surface area contributed by atoms with Gasteiger partial charge in [-0.3, -0.25) is 4.79 Å². The molecule has 122 valence electrons. The van der Waals surface area contributed by atoms with Crippen LogP contribution in [0.4, 0.5) is 5.69 Å². The van der Waals surface area contributed by atoms with Crippen LogP contribution in [0.2, 0.25) is 5.02 Å². The highest BCUT2D eigenvalue weighted by Gasteiger charge is 2.20. The van der Waals surface area contributed by atoms with Crippen molar-refractivity contribution in [3.8, 4) is 5.75 Å². The summed E-state index contributed by atoms with van der Waals surface area (Å²) in [5.41, 5.74) is 6.52. The predicted octanol–water partition coefficient (Wildman–Crippen LogP) is 1.38. The fourth-order valence-corrected chi connectivity index (χ4v) is 2.48. The van der Waals surface area contributed by atoms with Crippen molar-refractivity contribution < 1.29 is 14.3 Å². The molecule has 0 radical (unpaired) electrons. The number of hydrogen-bond donors (Lipinski definition) is 2. The van der Waals surface area contributed by atoms with Gasteiger partial charge in [-0.15, -0.1) is 0 Å². The predicted molar refractivity (Wildman–Crippen MR) is 86.6 cm³/mol. The first-order valence-corrected chi connectivity index (χ1v) is 7.69. The molecule has 0 bridgehead atoms. The Labute approximate surface area is 135 Å². The highest BCUT2D eigenvalue weighted by Crippen LogP contribution is 2.29. The van der Waals surface area contributed by atoms with E-state index in [0.717, 1.165) is 13.1 Å². The molecule has 1 heterocycles. The summed E-state index contributed by atoms with van der Waals surface area (Å²) in [5.74, 6) is 0.186. The van der Waals surface area contributed by atoms with Gasteiger partial charge in [0, 0.05) is 25.7 Å². The Balaban J connectivity index is 2.03. The molecular formula is C15H22ClN3O3. The van der Waals surface area contributed by atoms with Crippen LogP contribution in [-0.4, -0.2) is 56.8 Å². The second-order valence-corrected chi connectivity index (χ2v) is 5.68. The number of anilines is 1. The molecule has 6 nitrogen and oxygen atoms in total. The standard InChI is InChI=1S/C15H22ClN3O3/c1-3-21-14-7-13(17)12(16)6-11(14)15(20)18-8-10-9-19(2)4-5-22-10/h6-7,10H,3-5,8-9,17H2,1-2H3,(H,18,20). The topological polar surface area (TPSA) is 76.8 Å². The highest BCUT2D eigenvalue weighted by molar-refractivity contribution is 6.33. The molecule has 22 heavy (non-hydrogen) atoms. The molecule has 7 heteroatoms. The van der Waals surface area contributed by atoms with Crippen LogP contribution in [0.15, 0.2) is 12.1 Å². The Morgan fingerprint density at radius 1 is 1.59 bits per heavy atom. The normalized spacial score (nSPS) is 19.0. The summed E-state index contributed by atoms with van der Waals surface area (Å²) in [6.07, 6.45) is -0.0116. The lowest BCUT2D eigenvalue weighted by molar-refractivity contribution is -0.0175. The number of nitrogen functional groups attached to an aromatic ring is 1. The minimum atomic E-state index is -0.248. The zero-order valence-electron chi connectivity index (χ0n) is 12.9. The molecule has 0 aliphatic carbocycles. The Hall–Kier alpha value is -1.50. The van der Waals surface area contributed by atoms with Crippen LogP contribution in [0.3, 0.4) is 0 Å². The lowest BCUT2D eigenvalue weighted by Crippen LogP contribution is -2.45. The van der Waals surface area contributed by atoms with Gasteiger partial charge in [-0.1, -0.05) is 11.6 Å². The lowest BCUT2D eigenvalue weighted by atomic mass is 10.1. The molecule has 3 N–H and O–H groups in total. The molecule has 1 aromatic carbocycles. The Kier molecular flexibility index (Phi) is 5.88. The van der Waals surface area contributed by atoms with Crippen LogP contribution in [0.5, 0.6) is 5.75 Å². The molecule has 1 aliphatic heterocycles. The molecule has 1 amide bonds. The number of carbonyl (C=O) groups excluding carboxylic acids is 1. The number of hydrogen-bond acceptors (Lipinski definition) is 5. The fraction of sp³-hybridized carbons (Fsp3) is 0.533. The molecule has 1 unspecified atom stereocenters. The van der Waals surface area contributed by atoms with E-state index in [9.17, 15) is 4.79 Å². The van der Waals surface area contributed by atoms with Gasteiger partial charge in [0.25, 0.3) is 5.91 Å². The van der Waals surface area contributed by atoms with Crippen molar-refractivity contribution in [3.63, 3.8) is 0 Å². The van der Waals surface area contributed by atoms with Gasteiger partial charge in [0.1, 0.15) is 5.75 Å². The van der Waals surface area contributed by atoms with Crippen LogP contribution in [-0.2, 0) is 4.74 Å². The monoisotopic (exact) mass is 327 g/mol. The van der Waals surface area contributed by atoms with Gasteiger partial charge in [-0.25, -0.2) is 0 Å². The van der Waals surface area contributed by atoms with Crippen LogP contribution < -0.4 is 15.8 Å². The van der Waals surface area contributed by atoms with Gasteiger partial charge in [-0.2, -0.15) is 0 Å². The van der Waals surface area contributed by atoms with Crippen LogP contribution in [0.25, 0.3) is 0 Å². The molecule has 1 aromatic rings. The third-order valence-corrected chi connectivity index (χ3v) is 3.80. The number of ether oxygens (including phenoxy) is 2. The number of nitrogens with zero attached hydrogens (tertiary/aromatic N) is 1. The summed E-state index contributed by atoms with van der Waals surface area (Å²) in [5, 5.41) is 3.20. The molecule has 1 saturated heterocycles. The van der Waals surface area contributed by atoms with E-state index in [4.69, 9.17) is 26.8 Å². The molecule has 1 aliphatic rings. The third-order valence-electron chi connectivity index (χ3n) is 3.48. The van der Waals surface area contributed by atoms with E-state index in [1.807, 2.05) is 14.0 Å². The summed E-state index contributed by atoms with van der Waals surface area (Å²) in [4.78, 5) is 14.5. The minimum absolute atomic E-state index is 0.0116. The van der Waals surface area contributed by atoms with Gasteiger partial charge >= 0.3 is 0 Å². The van der Waals surface area contributed by atoms with Crippen molar-refractivity contribution in [2.45, 2.75) is 13.0 Å². The average Bonchev–Trinajstić information content (AvgIpc) is 2.48. The van der Waals surface area contributed by atoms with E-state index in [2.05, 4.69) is 10.2 Å². The van der Waals surface area contributed by atoms with Crippen molar-refractivity contribution in [1.29, 1.82) is 0 Å². The quantitative estimate of drug-likeness (QED) is 0.799. The summed E-state index contributed by atoms with van der Waals surface area (Å²) in [6.45, 7) is 5.11. The maximum atomic E-state index is 12.4. The summed E-state index contributed by atoms with van der Waals surface area (Å²) in [6, 6.07) is 3.11. The summed E-state index contributed by atoms with van der Waals surface area (Å²) < 4.78 is 11.1. The van der Waals surface area contributed by atoms with Crippen LogP contribution >= 0.6 is 11.6 Å². The fourth-order valence-electron chi connectivity index (χ4n) is 2.31. The van der Waals surface area contributed by atoms with Crippen molar-refractivity contribution >= 4 is 23.2 Å². The first-order chi connectivity index (χ1) is 10.5. The highest BCUT2D eigenvalue weighted by atomic mass is 35.5. The first kappa shape index (κ1) is 16.9. The van der Waals surface area contributed by atoms with Crippen molar-refractivity contribution in [2.75, 3.05) is 45.6 Å². The molecule has 1 fully saturated rings. The van der Waals surface area contributed by atoms with E-state index in [1.54, 1.807) is 6.07 Å². The molecule has 1 atom stereocenters. The Morgan fingerprint density at radius 3 is 3.05 bits per heavy atom. The van der Waals surface area contributed by atoms with Crippen molar-refractivity contribution in [3.05, 3.63) is 22.7 Å². The van der Waals surface area contributed by atoms with Gasteiger partial charge < -0.3 is 25.4 Å². The Morgan fingerprint density at radius 2 is 2.36 bits per heavy atom. The van der Waals surface area contributed by atoms with Gasteiger partial charge in [0.15, 0.2) is 0 Å². The molecule has 0 aromatic heterocycles. The zero-order valence-corrected chi connectivity index (χ0v) is 13.7. The summed E-state index contributed by atoms with van der Waals surface area (Å²) >= 11 is 6.01. The van der Waals surface area contributed by atoms with Gasteiger partial charge in [0.2, 0.25) is 0 Å². The average molecular weight is 328 g/mol. The van der Waals surface area contributed by atoms with E-state index < -0.39 is 0 Å². The van der Waals surface area contributed by atoms with Gasteiger partial charge in [-0.05, 0) is 20.0 Å². The van der Waals surface area contributed by atoms with E-state index >= 15 is 0 Å². The number of nitrogens with one attached hydrogen (secondary N) is 1. The van der Waals surface area contributed by atoms with Crippen molar-refractivity contribution in [1.82, 2.24) is 10.2 Å². The van der Waals surface area contributed by atoms with E-state index in [1.165, 1.54) is 6.07 Å². The number of morpholine rings is 1. The Bertz CT molecular complexity index is 539. The van der Waals surface area contributed by atoms with E-state index in [0.29, 0.717) is 41.8 Å². The first-order valence-electron chi connectivity index (χ1n) is 7.31. The number of likely N-dealkylation sites (N-methyl/N-ethyl adjacent to an activating group) is 1. The molecule has 2 rings (SSSR count). The SMILES string of the molecule is CCOc1cc(N)c(Cl)cc1C(=O)NCC1CN(C)CCO1. The van der Waals surface area contributed by atoms with Crippen LogP contribution in [0, 0.1) is 0 Å². The molecule has 0 spiro atoms. The zero-order chi connectivity index (χ0) is 16.1. The number of rotatable bonds is 5. The lowest BCUT2D eigenvalue weighted by Gasteiger charge is -2.30. The second kappa shape index (κ2) is 7.67. The van der Waals surface area contributed by atoms with E-state index in [-0.39, 0.29) is 12.0 Å². The number of amides is 1. The number of benzene rings is 1. The minimum Gasteiger partial charge on any atom is -0.493 e. The second-order valence-electron chi connectivity index (χ2n) is 5.27.